The molecule has 2 nitrogen and oxygen atoms in total. The van der Waals surface area contributed by atoms with E-state index in [4.69, 9.17) is 0 Å². The summed E-state index contributed by atoms with van der Waals surface area (Å²) in [5, 5.41) is 3.56. The minimum atomic E-state index is 0.632. The van der Waals surface area contributed by atoms with Crippen molar-refractivity contribution in [2.45, 2.75) is 45.2 Å². The molecule has 0 amide bonds. The second-order valence-corrected chi connectivity index (χ2v) is 6.49. The first kappa shape index (κ1) is 13.1. The van der Waals surface area contributed by atoms with Crippen molar-refractivity contribution in [2.75, 3.05) is 19.6 Å². The molecule has 0 bridgehead atoms. The molecule has 19 heavy (non-hydrogen) atoms. The Bertz CT molecular complexity index is 410. The second-order valence-electron chi connectivity index (χ2n) is 6.49. The maximum atomic E-state index is 3.56. The number of piperidine rings is 1. The Morgan fingerprint density at radius 3 is 2.74 bits per heavy atom. The zero-order valence-corrected chi connectivity index (χ0v) is 12.2. The molecule has 2 heteroatoms. The zero-order valence-electron chi connectivity index (χ0n) is 12.2. The SMILES string of the molecule is CC(C)c1ccc(CN2CCCC3CNCC32)cc1. The molecular formula is C17H26N2. The van der Waals surface area contributed by atoms with E-state index in [0.29, 0.717) is 5.92 Å². The summed E-state index contributed by atoms with van der Waals surface area (Å²) in [6.07, 6.45) is 2.79. The number of nitrogens with zero attached hydrogens (tertiary/aromatic N) is 1. The number of rotatable bonds is 3. The van der Waals surface area contributed by atoms with Crippen molar-refractivity contribution in [3.8, 4) is 0 Å². The number of hydrogen-bond acceptors (Lipinski definition) is 2. The van der Waals surface area contributed by atoms with E-state index in [1.807, 2.05) is 0 Å². The first-order valence-electron chi connectivity index (χ1n) is 7.77. The van der Waals surface area contributed by atoms with E-state index in [2.05, 4.69) is 48.3 Å². The van der Waals surface area contributed by atoms with E-state index in [1.165, 1.54) is 43.6 Å². The van der Waals surface area contributed by atoms with Crippen LogP contribution in [0.3, 0.4) is 0 Å². The van der Waals surface area contributed by atoms with Gasteiger partial charge in [0.05, 0.1) is 0 Å². The molecule has 2 aliphatic heterocycles. The predicted molar refractivity (Wildman–Crippen MR) is 80.3 cm³/mol. The third-order valence-corrected chi connectivity index (χ3v) is 4.83. The Morgan fingerprint density at radius 2 is 2.00 bits per heavy atom. The second kappa shape index (κ2) is 5.64. The predicted octanol–water partition coefficient (Wildman–Crippen LogP) is 2.99. The Labute approximate surface area is 117 Å². The van der Waals surface area contributed by atoms with Gasteiger partial charge >= 0.3 is 0 Å². The third-order valence-electron chi connectivity index (χ3n) is 4.83. The molecular weight excluding hydrogens is 232 g/mol. The van der Waals surface area contributed by atoms with Crippen LogP contribution in [0.1, 0.15) is 43.7 Å². The fourth-order valence-electron chi connectivity index (χ4n) is 3.60. The van der Waals surface area contributed by atoms with E-state index in [1.54, 1.807) is 0 Å². The summed E-state index contributed by atoms with van der Waals surface area (Å²) in [5.74, 6) is 1.52. The van der Waals surface area contributed by atoms with Crippen LogP contribution in [-0.2, 0) is 6.54 Å². The first-order chi connectivity index (χ1) is 9.24. The quantitative estimate of drug-likeness (QED) is 0.896. The minimum Gasteiger partial charge on any atom is -0.315 e. The average molecular weight is 258 g/mol. The number of benzene rings is 1. The van der Waals surface area contributed by atoms with Gasteiger partial charge in [-0.3, -0.25) is 4.90 Å². The summed E-state index contributed by atoms with van der Waals surface area (Å²) in [5.41, 5.74) is 2.92. The lowest BCUT2D eigenvalue weighted by atomic mass is 9.91. The van der Waals surface area contributed by atoms with Gasteiger partial charge < -0.3 is 5.32 Å². The normalized spacial score (nSPS) is 27.7. The maximum Gasteiger partial charge on any atom is 0.0264 e. The molecule has 0 spiro atoms. The van der Waals surface area contributed by atoms with Crippen LogP contribution in [0.4, 0.5) is 0 Å². The van der Waals surface area contributed by atoms with Crippen molar-refractivity contribution in [1.29, 1.82) is 0 Å². The van der Waals surface area contributed by atoms with Gasteiger partial charge in [0.1, 0.15) is 0 Å². The lowest BCUT2D eigenvalue weighted by Gasteiger charge is -2.37. The van der Waals surface area contributed by atoms with Crippen molar-refractivity contribution in [3.05, 3.63) is 35.4 Å². The maximum absolute atomic E-state index is 3.56. The van der Waals surface area contributed by atoms with Crippen LogP contribution in [0.5, 0.6) is 0 Å². The van der Waals surface area contributed by atoms with Gasteiger partial charge in [-0.2, -0.15) is 0 Å². The van der Waals surface area contributed by atoms with Gasteiger partial charge in [0, 0.05) is 19.1 Å². The van der Waals surface area contributed by atoms with E-state index >= 15 is 0 Å². The molecule has 1 aromatic carbocycles. The van der Waals surface area contributed by atoms with Crippen LogP contribution in [0.15, 0.2) is 24.3 Å². The van der Waals surface area contributed by atoms with Gasteiger partial charge in [0.15, 0.2) is 0 Å². The fraction of sp³-hybridized carbons (Fsp3) is 0.647. The standard InChI is InChI=1S/C17H26N2/c1-13(2)15-7-5-14(6-8-15)12-19-9-3-4-16-10-18-11-17(16)19/h5-8,13,16-18H,3-4,9-12H2,1-2H3. The van der Waals surface area contributed by atoms with Crippen molar-refractivity contribution >= 4 is 0 Å². The van der Waals surface area contributed by atoms with Crippen LogP contribution in [0.25, 0.3) is 0 Å². The summed E-state index contributed by atoms with van der Waals surface area (Å²) in [4.78, 5) is 2.69. The molecule has 0 saturated carbocycles. The molecule has 0 aliphatic carbocycles. The lowest BCUT2D eigenvalue weighted by Crippen LogP contribution is -2.44. The van der Waals surface area contributed by atoms with E-state index < -0.39 is 0 Å². The molecule has 2 unspecified atom stereocenters. The lowest BCUT2D eigenvalue weighted by molar-refractivity contribution is 0.117. The summed E-state index contributed by atoms with van der Waals surface area (Å²) >= 11 is 0. The van der Waals surface area contributed by atoms with Crippen molar-refractivity contribution in [3.63, 3.8) is 0 Å². The van der Waals surface area contributed by atoms with Gasteiger partial charge in [-0.25, -0.2) is 0 Å². The van der Waals surface area contributed by atoms with Gasteiger partial charge in [0.25, 0.3) is 0 Å². The van der Waals surface area contributed by atoms with Crippen LogP contribution in [0.2, 0.25) is 0 Å². The van der Waals surface area contributed by atoms with E-state index in [0.717, 1.165) is 18.5 Å². The highest BCUT2D eigenvalue weighted by Gasteiger charge is 2.34. The van der Waals surface area contributed by atoms with Gasteiger partial charge in [-0.15, -0.1) is 0 Å². The largest absolute Gasteiger partial charge is 0.315 e. The highest BCUT2D eigenvalue weighted by Crippen LogP contribution is 2.27. The van der Waals surface area contributed by atoms with Crippen LogP contribution in [0, 0.1) is 5.92 Å². The first-order valence-corrected chi connectivity index (χ1v) is 7.77. The van der Waals surface area contributed by atoms with Gasteiger partial charge in [-0.05, 0) is 48.9 Å². The van der Waals surface area contributed by atoms with Gasteiger partial charge in [-0.1, -0.05) is 38.1 Å². The number of nitrogens with one attached hydrogen (secondary N) is 1. The Morgan fingerprint density at radius 1 is 1.21 bits per heavy atom. The zero-order chi connectivity index (χ0) is 13.2. The van der Waals surface area contributed by atoms with E-state index in [9.17, 15) is 0 Å². The average Bonchev–Trinajstić information content (AvgIpc) is 2.89. The van der Waals surface area contributed by atoms with Crippen LogP contribution < -0.4 is 5.32 Å². The molecule has 2 aliphatic rings. The van der Waals surface area contributed by atoms with Crippen molar-refractivity contribution < 1.29 is 0 Å². The summed E-state index contributed by atoms with van der Waals surface area (Å²) < 4.78 is 0. The van der Waals surface area contributed by atoms with Crippen LogP contribution >= 0.6 is 0 Å². The highest BCUT2D eigenvalue weighted by molar-refractivity contribution is 5.24. The number of likely N-dealkylation sites (tertiary alicyclic amines) is 1. The third kappa shape index (κ3) is 2.85. The topological polar surface area (TPSA) is 15.3 Å². The summed E-state index contributed by atoms with van der Waals surface area (Å²) in [6, 6.07) is 10.0. The molecule has 2 fully saturated rings. The molecule has 104 valence electrons. The molecule has 1 aromatic rings. The number of hydrogen-bond donors (Lipinski definition) is 1. The van der Waals surface area contributed by atoms with Gasteiger partial charge in [0.2, 0.25) is 0 Å². The smallest absolute Gasteiger partial charge is 0.0264 e. The molecule has 1 N–H and O–H groups in total. The Kier molecular flexibility index (Phi) is 3.90. The minimum absolute atomic E-state index is 0.632. The highest BCUT2D eigenvalue weighted by atomic mass is 15.2. The fourth-order valence-corrected chi connectivity index (χ4v) is 3.60. The van der Waals surface area contributed by atoms with E-state index in [-0.39, 0.29) is 0 Å². The Balaban J connectivity index is 1.67. The molecule has 2 saturated heterocycles. The summed E-state index contributed by atoms with van der Waals surface area (Å²) in [6.45, 7) is 9.33. The Hall–Kier alpha value is -0.860. The van der Waals surface area contributed by atoms with Crippen molar-refractivity contribution in [2.24, 2.45) is 5.92 Å². The van der Waals surface area contributed by atoms with Crippen LogP contribution in [-0.4, -0.2) is 30.6 Å². The molecule has 0 radical (unpaired) electrons. The number of fused-ring (bicyclic) bond motifs is 1. The molecule has 2 atom stereocenters. The monoisotopic (exact) mass is 258 g/mol. The molecule has 0 aromatic heterocycles. The molecule has 2 heterocycles. The molecule has 3 rings (SSSR count). The summed E-state index contributed by atoms with van der Waals surface area (Å²) in [7, 11) is 0. The van der Waals surface area contributed by atoms with Crippen molar-refractivity contribution in [1.82, 2.24) is 10.2 Å².